The fourth-order valence-corrected chi connectivity index (χ4v) is 2.61. The van der Waals surface area contributed by atoms with E-state index in [1.165, 1.54) is 0 Å². The van der Waals surface area contributed by atoms with Crippen LogP contribution in [-0.2, 0) is 15.3 Å². The van der Waals surface area contributed by atoms with Crippen molar-refractivity contribution < 1.29 is 9.47 Å². The second kappa shape index (κ2) is 4.60. The summed E-state index contributed by atoms with van der Waals surface area (Å²) >= 11 is 15.4. The van der Waals surface area contributed by atoms with E-state index in [2.05, 4.69) is 15.9 Å². The third-order valence-corrected chi connectivity index (χ3v) is 3.57. The van der Waals surface area contributed by atoms with Crippen LogP contribution in [0, 0.1) is 0 Å². The molecule has 1 aromatic carbocycles. The molecule has 0 aromatic heterocycles. The zero-order chi connectivity index (χ0) is 10.9. The average molecular weight is 312 g/mol. The van der Waals surface area contributed by atoms with E-state index in [9.17, 15) is 0 Å². The minimum absolute atomic E-state index is 0.528. The molecule has 1 aliphatic rings. The highest BCUT2D eigenvalue weighted by molar-refractivity contribution is 9.09. The largest absolute Gasteiger partial charge is 0.343 e. The highest BCUT2D eigenvalue weighted by atomic mass is 79.9. The average Bonchev–Trinajstić information content (AvgIpc) is 2.71. The third-order valence-electron chi connectivity index (χ3n) is 2.27. The molecule has 2 nitrogen and oxygen atoms in total. The van der Waals surface area contributed by atoms with Crippen molar-refractivity contribution in [3.05, 3.63) is 33.8 Å². The molecule has 0 atom stereocenters. The predicted molar refractivity (Wildman–Crippen MR) is 63.8 cm³/mol. The number of hydrogen-bond donors (Lipinski definition) is 0. The maximum Gasteiger partial charge on any atom is 0.206 e. The quantitative estimate of drug-likeness (QED) is 0.777. The number of hydrogen-bond acceptors (Lipinski definition) is 2. The van der Waals surface area contributed by atoms with E-state index in [0.29, 0.717) is 28.6 Å². The molecule has 0 aliphatic carbocycles. The Morgan fingerprint density at radius 1 is 1.27 bits per heavy atom. The van der Waals surface area contributed by atoms with Gasteiger partial charge in [-0.15, -0.1) is 0 Å². The summed E-state index contributed by atoms with van der Waals surface area (Å²) in [6, 6.07) is 5.26. The Bertz CT molecular complexity index is 364. The van der Waals surface area contributed by atoms with Gasteiger partial charge in [0.2, 0.25) is 5.79 Å². The van der Waals surface area contributed by atoms with Gasteiger partial charge in [0.25, 0.3) is 0 Å². The van der Waals surface area contributed by atoms with Crippen molar-refractivity contribution in [3.63, 3.8) is 0 Å². The molecule has 1 heterocycles. The Labute approximate surface area is 107 Å². The molecule has 1 aliphatic heterocycles. The minimum atomic E-state index is -0.790. The lowest BCUT2D eigenvalue weighted by atomic mass is 10.1. The molecule has 1 fully saturated rings. The second-order valence-electron chi connectivity index (χ2n) is 3.21. The molecule has 0 bridgehead atoms. The summed E-state index contributed by atoms with van der Waals surface area (Å²) in [5, 5.41) is 1.75. The zero-order valence-corrected chi connectivity index (χ0v) is 10.9. The van der Waals surface area contributed by atoms with Crippen molar-refractivity contribution in [2.24, 2.45) is 0 Å². The van der Waals surface area contributed by atoms with Crippen LogP contribution in [0.4, 0.5) is 0 Å². The van der Waals surface area contributed by atoms with Gasteiger partial charge in [0, 0.05) is 15.6 Å². The number of ether oxygens (including phenoxy) is 2. The van der Waals surface area contributed by atoms with E-state index >= 15 is 0 Å². The van der Waals surface area contributed by atoms with Crippen molar-refractivity contribution in [2.45, 2.75) is 5.79 Å². The fourth-order valence-electron chi connectivity index (χ4n) is 1.55. The highest BCUT2D eigenvalue weighted by Crippen LogP contribution is 2.38. The number of rotatable bonds is 2. The van der Waals surface area contributed by atoms with Gasteiger partial charge in [-0.05, 0) is 18.2 Å². The molecule has 0 N–H and O–H groups in total. The van der Waals surface area contributed by atoms with Gasteiger partial charge < -0.3 is 9.47 Å². The third kappa shape index (κ3) is 2.17. The standard InChI is InChI=1S/C10H9BrCl2O2/c11-6-10(14-3-4-15-10)8-5-7(12)1-2-9(8)13/h1-2,5H,3-4,6H2. The number of halogens is 3. The predicted octanol–water partition coefficient (Wildman–Crippen LogP) is 3.59. The van der Waals surface area contributed by atoms with Gasteiger partial charge >= 0.3 is 0 Å². The SMILES string of the molecule is Clc1ccc(Cl)c(C2(CBr)OCCO2)c1. The molecule has 0 radical (unpaired) electrons. The molecule has 0 spiro atoms. The van der Waals surface area contributed by atoms with Gasteiger partial charge in [-0.3, -0.25) is 0 Å². The van der Waals surface area contributed by atoms with E-state index in [0.717, 1.165) is 5.56 Å². The first-order chi connectivity index (χ1) is 7.18. The first-order valence-corrected chi connectivity index (χ1v) is 6.35. The molecule has 2 rings (SSSR count). The summed E-state index contributed by atoms with van der Waals surface area (Å²) in [6.45, 7) is 1.13. The van der Waals surface area contributed by atoms with Gasteiger partial charge in [0.05, 0.1) is 18.5 Å². The molecule has 1 saturated heterocycles. The smallest absolute Gasteiger partial charge is 0.206 e. The Morgan fingerprint density at radius 3 is 2.53 bits per heavy atom. The van der Waals surface area contributed by atoms with Crippen molar-refractivity contribution in [2.75, 3.05) is 18.5 Å². The first kappa shape index (κ1) is 11.7. The number of alkyl halides is 1. The fraction of sp³-hybridized carbons (Fsp3) is 0.400. The molecular weight excluding hydrogens is 303 g/mol. The normalized spacial score (nSPS) is 19.4. The van der Waals surface area contributed by atoms with E-state index in [4.69, 9.17) is 32.7 Å². The van der Waals surface area contributed by atoms with Crippen molar-refractivity contribution in [3.8, 4) is 0 Å². The van der Waals surface area contributed by atoms with Gasteiger partial charge in [0.1, 0.15) is 0 Å². The van der Waals surface area contributed by atoms with Crippen molar-refractivity contribution >= 4 is 39.1 Å². The lowest BCUT2D eigenvalue weighted by molar-refractivity contribution is -0.144. The topological polar surface area (TPSA) is 18.5 Å². The summed E-state index contributed by atoms with van der Waals surface area (Å²) < 4.78 is 11.2. The van der Waals surface area contributed by atoms with Crippen LogP contribution in [0.25, 0.3) is 0 Å². The van der Waals surface area contributed by atoms with Gasteiger partial charge in [-0.2, -0.15) is 0 Å². The number of benzene rings is 1. The lowest BCUT2D eigenvalue weighted by Gasteiger charge is -2.26. The summed E-state index contributed by atoms with van der Waals surface area (Å²) in [6.07, 6.45) is 0. The Hall–Kier alpha value is 0.200. The van der Waals surface area contributed by atoms with Crippen molar-refractivity contribution in [1.29, 1.82) is 0 Å². The lowest BCUT2D eigenvalue weighted by Crippen LogP contribution is -2.29. The molecular formula is C10H9BrCl2O2. The van der Waals surface area contributed by atoms with E-state index in [1.807, 2.05) is 0 Å². The molecule has 0 unspecified atom stereocenters. The van der Waals surface area contributed by atoms with Crippen LogP contribution in [0.15, 0.2) is 18.2 Å². The second-order valence-corrected chi connectivity index (χ2v) is 4.61. The maximum atomic E-state index is 6.11. The maximum absolute atomic E-state index is 6.11. The van der Waals surface area contributed by atoms with Gasteiger partial charge in [0.15, 0.2) is 0 Å². The minimum Gasteiger partial charge on any atom is -0.343 e. The van der Waals surface area contributed by atoms with Gasteiger partial charge in [-0.1, -0.05) is 39.1 Å². The van der Waals surface area contributed by atoms with Crippen LogP contribution in [-0.4, -0.2) is 18.5 Å². The Kier molecular flexibility index (Phi) is 3.58. The highest BCUT2D eigenvalue weighted by Gasteiger charge is 2.39. The van der Waals surface area contributed by atoms with Crippen LogP contribution >= 0.6 is 39.1 Å². The van der Waals surface area contributed by atoms with E-state index in [-0.39, 0.29) is 0 Å². The van der Waals surface area contributed by atoms with Gasteiger partial charge in [-0.25, -0.2) is 0 Å². The molecule has 5 heteroatoms. The van der Waals surface area contributed by atoms with E-state index < -0.39 is 5.79 Å². The summed E-state index contributed by atoms with van der Waals surface area (Å²) in [5.74, 6) is -0.790. The summed E-state index contributed by atoms with van der Waals surface area (Å²) in [5.41, 5.74) is 0.769. The van der Waals surface area contributed by atoms with Crippen molar-refractivity contribution in [1.82, 2.24) is 0 Å². The summed E-state index contributed by atoms with van der Waals surface area (Å²) in [7, 11) is 0. The van der Waals surface area contributed by atoms with Crippen LogP contribution in [0.1, 0.15) is 5.56 Å². The Morgan fingerprint density at radius 2 is 1.93 bits per heavy atom. The zero-order valence-electron chi connectivity index (χ0n) is 7.80. The monoisotopic (exact) mass is 310 g/mol. The molecule has 82 valence electrons. The molecule has 0 amide bonds. The Balaban J connectivity index is 2.46. The van der Waals surface area contributed by atoms with Crippen LogP contribution < -0.4 is 0 Å². The van der Waals surface area contributed by atoms with E-state index in [1.54, 1.807) is 18.2 Å². The first-order valence-electron chi connectivity index (χ1n) is 4.47. The van der Waals surface area contributed by atoms with Crippen LogP contribution in [0.5, 0.6) is 0 Å². The molecule has 0 saturated carbocycles. The molecule has 15 heavy (non-hydrogen) atoms. The molecule has 1 aromatic rings. The summed E-state index contributed by atoms with van der Waals surface area (Å²) in [4.78, 5) is 0. The van der Waals surface area contributed by atoms with Crippen LogP contribution in [0.2, 0.25) is 10.0 Å². The van der Waals surface area contributed by atoms with Crippen LogP contribution in [0.3, 0.4) is 0 Å².